The minimum absolute atomic E-state index is 0.262. The van der Waals surface area contributed by atoms with Gasteiger partial charge < -0.3 is 14.7 Å². The van der Waals surface area contributed by atoms with Crippen molar-refractivity contribution in [2.45, 2.75) is 38.5 Å². The highest BCUT2D eigenvalue weighted by Crippen LogP contribution is 2.28. The third kappa shape index (κ3) is 3.57. The molecule has 2 heterocycles. The average molecular weight is 293 g/mol. The van der Waals surface area contributed by atoms with Crippen LogP contribution in [0.4, 0.5) is 0 Å². The van der Waals surface area contributed by atoms with Crippen LogP contribution >= 0.6 is 0 Å². The van der Waals surface area contributed by atoms with Crippen LogP contribution in [0.25, 0.3) is 0 Å². The highest BCUT2D eigenvalue weighted by atomic mass is 16.2. The monoisotopic (exact) mass is 293 g/mol. The maximum Gasteiger partial charge on any atom is 0.225 e. The molecule has 1 saturated carbocycles. The fraction of sp³-hybridized carbons (Fsp3) is 0.875. The molecule has 5 heteroatoms. The second-order valence-electron chi connectivity index (χ2n) is 6.63. The number of hydrogen-bond donors (Lipinski definition) is 0. The Kier molecular flexibility index (Phi) is 4.78. The summed E-state index contributed by atoms with van der Waals surface area (Å²) in [6.45, 7) is 6.10. The second-order valence-corrected chi connectivity index (χ2v) is 6.63. The van der Waals surface area contributed by atoms with Gasteiger partial charge in [0.25, 0.3) is 0 Å². The number of hydrogen-bond acceptors (Lipinski definition) is 3. The summed E-state index contributed by atoms with van der Waals surface area (Å²) in [5, 5.41) is 0. The molecule has 21 heavy (non-hydrogen) atoms. The van der Waals surface area contributed by atoms with Gasteiger partial charge in [0.1, 0.15) is 0 Å². The fourth-order valence-corrected chi connectivity index (χ4v) is 3.51. The summed E-state index contributed by atoms with van der Waals surface area (Å²) in [7, 11) is 0. The quantitative estimate of drug-likeness (QED) is 0.775. The first kappa shape index (κ1) is 14.8. The summed E-state index contributed by atoms with van der Waals surface area (Å²) in [6, 6.07) is 0. The maximum atomic E-state index is 12.2. The van der Waals surface area contributed by atoms with Crippen LogP contribution in [0.15, 0.2) is 0 Å². The molecule has 5 nitrogen and oxygen atoms in total. The number of carbonyl (C=O) groups is 2. The maximum absolute atomic E-state index is 12.2. The van der Waals surface area contributed by atoms with Crippen molar-refractivity contribution in [1.82, 2.24) is 14.7 Å². The molecule has 0 spiro atoms. The third-order valence-corrected chi connectivity index (χ3v) is 5.24. The lowest BCUT2D eigenvalue weighted by Gasteiger charge is -2.38. The summed E-state index contributed by atoms with van der Waals surface area (Å²) >= 11 is 0. The Bertz CT molecular complexity index is 381. The molecule has 3 rings (SSSR count). The molecular weight excluding hydrogens is 266 g/mol. The number of nitrogens with zero attached hydrogens (tertiary/aromatic N) is 3. The van der Waals surface area contributed by atoms with Gasteiger partial charge in [-0.25, -0.2) is 0 Å². The van der Waals surface area contributed by atoms with Gasteiger partial charge in [-0.3, -0.25) is 9.59 Å². The van der Waals surface area contributed by atoms with E-state index in [-0.39, 0.29) is 11.8 Å². The smallest absolute Gasteiger partial charge is 0.225 e. The first-order chi connectivity index (χ1) is 10.2. The molecular formula is C16H27N3O2. The van der Waals surface area contributed by atoms with Gasteiger partial charge in [0.05, 0.1) is 0 Å². The largest absolute Gasteiger partial charge is 0.339 e. The van der Waals surface area contributed by atoms with Crippen molar-refractivity contribution in [2.24, 2.45) is 5.92 Å². The van der Waals surface area contributed by atoms with Crippen LogP contribution in [0.2, 0.25) is 0 Å². The number of amides is 2. The van der Waals surface area contributed by atoms with E-state index in [0.717, 1.165) is 58.7 Å². The topological polar surface area (TPSA) is 43.9 Å². The first-order valence-corrected chi connectivity index (χ1v) is 8.53. The molecule has 0 bridgehead atoms. The van der Waals surface area contributed by atoms with Crippen LogP contribution in [-0.4, -0.2) is 72.3 Å². The van der Waals surface area contributed by atoms with Crippen molar-refractivity contribution >= 4 is 11.8 Å². The van der Waals surface area contributed by atoms with E-state index in [1.807, 2.05) is 9.80 Å². The number of likely N-dealkylation sites (tertiary alicyclic amines) is 1. The van der Waals surface area contributed by atoms with E-state index in [0.29, 0.717) is 12.3 Å². The van der Waals surface area contributed by atoms with Gasteiger partial charge in [-0.1, -0.05) is 6.42 Å². The zero-order valence-corrected chi connectivity index (χ0v) is 12.9. The van der Waals surface area contributed by atoms with Crippen LogP contribution < -0.4 is 0 Å². The lowest BCUT2D eigenvalue weighted by molar-refractivity contribution is -0.144. The lowest BCUT2D eigenvalue weighted by Crippen LogP contribution is -2.52. The Morgan fingerprint density at radius 2 is 1.43 bits per heavy atom. The SMILES string of the molecule is O=C(CCN1CCCC1)N1CCN(C(=O)C2CCC2)CC1. The summed E-state index contributed by atoms with van der Waals surface area (Å²) < 4.78 is 0. The molecule has 2 aliphatic heterocycles. The van der Waals surface area contributed by atoms with Crippen molar-refractivity contribution in [3.8, 4) is 0 Å². The number of piperazine rings is 1. The summed E-state index contributed by atoms with van der Waals surface area (Å²) in [5.41, 5.74) is 0. The Morgan fingerprint density at radius 1 is 0.810 bits per heavy atom. The molecule has 0 unspecified atom stereocenters. The van der Waals surface area contributed by atoms with E-state index >= 15 is 0 Å². The van der Waals surface area contributed by atoms with E-state index in [1.165, 1.54) is 19.3 Å². The van der Waals surface area contributed by atoms with Crippen LogP contribution in [0.1, 0.15) is 38.5 Å². The van der Waals surface area contributed by atoms with Crippen LogP contribution in [0.5, 0.6) is 0 Å². The van der Waals surface area contributed by atoms with E-state index in [9.17, 15) is 9.59 Å². The van der Waals surface area contributed by atoms with Gasteiger partial charge >= 0.3 is 0 Å². The van der Waals surface area contributed by atoms with Gasteiger partial charge in [-0.15, -0.1) is 0 Å². The van der Waals surface area contributed by atoms with Gasteiger partial charge in [0.15, 0.2) is 0 Å². The van der Waals surface area contributed by atoms with E-state index in [4.69, 9.17) is 0 Å². The molecule has 0 aromatic carbocycles. The van der Waals surface area contributed by atoms with Crippen molar-refractivity contribution in [3.05, 3.63) is 0 Å². The molecule has 0 atom stereocenters. The molecule has 2 amide bonds. The van der Waals surface area contributed by atoms with Gasteiger partial charge in [0.2, 0.25) is 11.8 Å². The number of carbonyl (C=O) groups excluding carboxylic acids is 2. The van der Waals surface area contributed by atoms with Gasteiger partial charge in [-0.05, 0) is 38.8 Å². The molecule has 0 N–H and O–H groups in total. The molecule has 0 aromatic rings. The molecule has 2 saturated heterocycles. The molecule has 0 aromatic heterocycles. The number of rotatable bonds is 4. The Hall–Kier alpha value is -1.10. The lowest BCUT2D eigenvalue weighted by atomic mass is 9.84. The summed E-state index contributed by atoms with van der Waals surface area (Å²) in [6.07, 6.45) is 6.51. The zero-order chi connectivity index (χ0) is 14.7. The summed E-state index contributed by atoms with van der Waals surface area (Å²) in [5.74, 6) is 0.866. The molecule has 1 aliphatic carbocycles. The van der Waals surface area contributed by atoms with Crippen molar-refractivity contribution in [1.29, 1.82) is 0 Å². The predicted molar refractivity (Wildman–Crippen MR) is 80.8 cm³/mol. The van der Waals surface area contributed by atoms with Crippen molar-refractivity contribution < 1.29 is 9.59 Å². The summed E-state index contributed by atoms with van der Waals surface area (Å²) in [4.78, 5) is 30.7. The highest BCUT2D eigenvalue weighted by Gasteiger charge is 2.31. The van der Waals surface area contributed by atoms with Gasteiger partial charge in [-0.2, -0.15) is 0 Å². The minimum Gasteiger partial charge on any atom is -0.339 e. The van der Waals surface area contributed by atoms with Crippen molar-refractivity contribution in [3.63, 3.8) is 0 Å². The Labute approximate surface area is 127 Å². The molecule has 3 fully saturated rings. The molecule has 0 radical (unpaired) electrons. The zero-order valence-electron chi connectivity index (χ0n) is 12.9. The first-order valence-electron chi connectivity index (χ1n) is 8.53. The van der Waals surface area contributed by atoms with E-state index in [2.05, 4.69) is 4.90 Å². The predicted octanol–water partition coefficient (Wildman–Crippen LogP) is 0.943. The fourth-order valence-electron chi connectivity index (χ4n) is 3.51. The minimum atomic E-state index is 0.262. The third-order valence-electron chi connectivity index (χ3n) is 5.24. The van der Waals surface area contributed by atoms with E-state index < -0.39 is 0 Å². The van der Waals surface area contributed by atoms with Gasteiger partial charge in [0, 0.05) is 45.1 Å². The highest BCUT2D eigenvalue weighted by molar-refractivity contribution is 5.80. The van der Waals surface area contributed by atoms with E-state index in [1.54, 1.807) is 0 Å². The van der Waals surface area contributed by atoms with Crippen LogP contribution in [0, 0.1) is 5.92 Å². The molecule has 118 valence electrons. The normalized spacial score (nSPS) is 24.2. The molecule has 3 aliphatic rings. The van der Waals surface area contributed by atoms with Crippen LogP contribution in [0.3, 0.4) is 0 Å². The second kappa shape index (κ2) is 6.77. The Balaban J connectivity index is 1.38. The standard InChI is InChI=1S/C16H27N3O2/c20-15(6-9-17-7-1-2-8-17)18-10-12-19(13-11-18)16(21)14-4-3-5-14/h14H,1-13H2. The van der Waals surface area contributed by atoms with Crippen molar-refractivity contribution in [2.75, 3.05) is 45.8 Å². The van der Waals surface area contributed by atoms with Crippen LogP contribution in [-0.2, 0) is 9.59 Å². The average Bonchev–Trinajstić information content (AvgIpc) is 2.96. The Morgan fingerprint density at radius 3 is 2.00 bits per heavy atom.